The second-order valence-electron chi connectivity index (χ2n) is 11.9. The fourth-order valence-electron chi connectivity index (χ4n) is 6.38. The Morgan fingerprint density at radius 2 is 2.00 bits per heavy atom. The number of H-pyrrole nitrogens is 1. The molecule has 0 saturated carbocycles. The van der Waals surface area contributed by atoms with Crippen LogP contribution in [0.25, 0.3) is 33.7 Å². The van der Waals surface area contributed by atoms with Gasteiger partial charge in [0.25, 0.3) is 5.91 Å². The number of hydrogen-bond acceptors (Lipinski definition) is 6. The third-order valence-electron chi connectivity index (χ3n) is 8.18. The van der Waals surface area contributed by atoms with Gasteiger partial charge in [0, 0.05) is 56.3 Å². The predicted molar refractivity (Wildman–Crippen MR) is 154 cm³/mol. The molecule has 10 nitrogen and oxygen atoms in total. The lowest BCUT2D eigenvalue weighted by molar-refractivity contribution is -0.142. The largest absolute Gasteiger partial charge is 0.461 e. The molecule has 7 rings (SSSR count). The molecule has 2 aliphatic rings. The van der Waals surface area contributed by atoms with E-state index in [4.69, 9.17) is 9.72 Å². The van der Waals surface area contributed by atoms with Crippen LogP contribution in [0.2, 0.25) is 0 Å². The smallest absolute Gasteiger partial charge is 0.302 e. The summed E-state index contributed by atoms with van der Waals surface area (Å²) in [7, 11) is 1.82. The minimum Gasteiger partial charge on any atom is -0.461 e. The number of aromatic amines is 1. The predicted octanol–water partition coefficient (Wildman–Crippen LogP) is 4.81. The molecule has 0 fully saturated rings. The lowest BCUT2D eigenvalue weighted by Crippen LogP contribution is -2.41. The number of aryl methyl sites for hydroxylation is 1. The van der Waals surface area contributed by atoms with Crippen LogP contribution in [0.4, 0.5) is 10.1 Å². The van der Waals surface area contributed by atoms with Crippen LogP contribution in [0.5, 0.6) is 0 Å². The van der Waals surface area contributed by atoms with Gasteiger partial charge in [0.1, 0.15) is 29.5 Å². The number of amides is 1. The first-order chi connectivity index (χ1) is 20.1. The van der Waals surface area contributed by atoms with Gasteiger partial charge in [-0.25, -0.2) is 14.4 Å². The molecule has 0 saturated heterocycles. The number of pyridine rings is 1. The number of nitrogens with one attached hydrogen (secondary N) is 1. The van der Waals surface area contributed by atoms with Crippen molar-refractivity contribution in [2.24, 2.45) is 12.5 Å². The number of halogens is 1. The topological polar surface area (TPSA) is 111 Å². The molecule has 11 heteroatoms. The van der Waals surface area contributed by atoms with Gasteiger partial charge in [-0.3, -0.25) is 14.3 Å². The Kier molecular flexibility index (Phi) is 5.83. The molecule has 0 radical (unpaired) electrons. The van der Waals surface area contributed by atoms with Crippen LogP contribution in [-0.4, -0.2) is 47.7 Å². The number of imidazole rings is 1. The average molecular weight is 568 g/mol. The third kappa shape index (κ3) is 4.27. The maximum Gasteiger partial charge on any atom is 0.302 e. The Morgan fingerprint density at radius 1 is 1.17 bits per heavy atom. The van der Waals surface area contributed by atoms with Gasteiger partial charge in [-0.15, -0.1) is 0 Å². The highest BCUT2D eigenvalue weighted by Crippen LogP contribution is 2.41. The van der Waals surface area contributed by atoms with E-state index >= 15 is 4.39 Å². The number of benzene rings is 1. The van der Waals surface area contributed by atoms with E-state index in [1.165, 1.54) is 30.3 Å². The van der Waals surface area contributed by atoms with Crippen molar-refractivity contribution >= 4 is 28.7 Å². The standard InChI is InChI=1S/C31H30FN7O3/c1-17(40)42-16-23-22(21-5-6-33-29-27(21)35-28(36-29)19-14-34-37(4)15-19)10-20(32)11-24(23)39-8-7-38-25(30(39)41)9-18-12-31(2,3)13-26(18)38/h5-6,9-11,14-15H,7-8,12-13,16H2,1-4H3,(H,33,35,36). The van der Waals surface area contributed by atoms with Crippen molar-refractivity contribution in [2.75, 3.05) is 11.4 Å². The summed E-state index contributed by atoms with van der Waals surface area (Å²) >= 11 is 0. The van der Waals surface area contributed by atoms with E-state index in [-0.39, 0.29) is 17.9 Å². The molecule has 0 atom stereocenters. The van der Waals surface area contributed by atoms with Crippen molar-refractivity contribution in [3.8, 4) is 22.5 Å². The number of esters is 1. The maximum atomic E-state index is 15.5. The summed E-state index contributed by atoms with van der Waals surface area (Å²) in [5.74, 6) is -0.628. The lowest BCUT2D eigenvalue weighted by Gasteiger charge is -2.32. The third-order valence-corrected chi connectivity index (χ3v) is 8.18. The van der Waals surface area contributed by atoms with Crippen LogP contribution in [0.3, 0.4) is 0 Å². The van der Waals surface area contributed by atoms with Gasteiger partial charge in [0.2, 0.25) is 0 Å². The summed E-state index contributed by atoms with van der Waals surface area (Å²) in [6.07, 6.45) is 6.97. The molecule has 0 bridgehead atoms. The highest BCUT2D eigenvalue weighted by Gasteiger charge is 2.37. The van der Waals surface area contributed by atoms with Gasteiger partial charge in [0.15, 0.2) is 5.65 Å². The van der Waals surface area contributed by atoms with Crippen LogP contribution >= 0.6 is 0 Å². The van der Waals surface area contributed by atoms with E-state index in [0.717, 1.165) is 18.4 Å². The molecule has 4 aromatic heterocycles. The molecular weight excluding hydrogens is 537 g/mol. The van der Waals surface area contributed by atoms with Gasteiger partial charge >= 0.3 is 5.97 Å². The molecule has 5 heterocycles. The van der Waals surface area contributed by atoms with Gasteiger partial charge < -0.3 is 19.2 Å². The van der Waals surface area contributed by atoms with Crippen molar-refractivity contribution in [3.05, 3.63) is 71.2 Å². The molecule has 214 valence electrons. The monoisotopic (exact) mass is 567 g/mol. The first-order valence-corrected chi connectivity index (χ1v) is 13.9. The van der Waals surface area contributed by atoms with E-state index in [1.54, 1.807) is 28.0 Å². The van der Waals surface area contributed by atoms with E-state index in [0.29, 0.717) is 58.1 Å². The van der Waals surface area contributed by atoms with Crippen molar-refractivity contribution < 1.29 is 18.7 Å². The highest BCUT2D eigenvalue weighted by molar-refractivity contribution is 6.07. The van der Waals surface area contributed by atoms with E-state index in [1.807, 2.05) is 19.3 Å². The molecule has 1 aliphatic carbocycles. The van der Waals surface area contributed by atoms with E-state index in [9.17, 15) is 9.59 Å². The highest BCUT2D eigenvalue weighted by atomic mass is 19.1. The van der Waals surface area contributed by atoms with Crippen molar-refractivity contribution in [3.63, 3.8) is 0 Å². The number of rotatable bonds is 5. The van der Waals surface area contributed by atoms with Crippen LogP contribution < -0.4 is 4.90 Å². The summed E-state index contributed by atoms with van der Waals surface area (Å²) in [6, 6.07) is 6.48. The van der Waals surface area contributed by atoms with Gasteiger partial charge in [-0.1, -0.05) is 13.8 Å². The zero-order chi connectivity index (χ0) is 29.3. The maximum absolute atomic E-state index is 15.5. The fraction of sp³-hybridized carbons (Fsp3) is 0.323. The number of anilines is 1. The number of ether oxygens (including phenoxy) is 1. The molecule has 0 unspecified atom stereocenters. The lowest BCUT2D eigenvalue weighted by atomic mass is 9.90. The minimum absolute atomic E-state index is 0.139. The van der Waals surface area contributed by atoms with Crippen molar-refractivity contribution in [1.29, 1.82) is 0 Å². The van der Waals surface area contributed by atoms with Crippen LogP contribution in [0.15, 0.2) is 42.9 Å². The molecule has 42 heavy (non-hydrogen) atoms. The Bertz CT molecular complexity index is 1910. The zero-order valence-electron chi connectivity index (χ0n) is 23.9. The van der Waals surface area contributed by atoms with Crippen LogP contribution in [-0.2, 0) is 42.6 Å². The second-order valence-corrected chi connectivity index (χ2v) is 11.9. The van der Waals surface area contributed by atoms with Crippen LogP contribution in [0, 0.1) is 11.2 Å². The number of carbonyl (C=O) groups is 2. The molecule has 1 aliphatic heterocycles. The number of aromatic nitrogens is 6. The van der Waals surface area contributed by atoms with Gasteiger partial charge in [0.05, 0.1) is 17.4 Å². The Balaban J connectivity index is 1.35. The van der Waals surface area contributed by atoms with E-state index < -0.39 is 11.8 Å². The molecule has 1 N–H and O–H groups in total. The summed E-state index contributed by atoms with van der Waals surface area (Å²) in [5, 5.41) is 4.22. The quantitative estimate of drug-likeness (QED) is 0.305. The van der Waals surface area contributed by atoms with Crippen LogP contribution in [0.1, 0.15) is 48.1 Å². The number of nitrogens with zero attached hydrogens (tertiary/aromatic N) is 6. The number of carbonyl (C=O) groups excluding carboxylic acids is 2. The van der Waals surface area contributed by atoms with Crippen molar-refractivity contribution in [1.82, 2.24) is 29.3 Å². The Hall–Kier alpha value is -4.80. The normalized spacial score (nSPS) is 15.7. The summed E-state index contributed by atoms with van der Waals surface area (Å²) in [4.78, 5) is 39.9. The first kappa shape index (κ1) is 26.1. The summed E-state index contributed by atoms with van der Waals surface area (Å²) in [6.45, 7) is 6.62. The molecular formula is C31H30FN7O3. The van der Waals surface area contributed by atoms with E-state index in [2.05, 4.69) is 33.5 Å². The first-order valence-electron chi connectivity index (χ1n) is 13.9. The Labute approximate surface area is 241 Å². The summed E-state index contributed by atoms with van der Waals surface area (Å²) in [5.41, 5.74) is 6.96. The number of fused-ring (bicyclic) bond motifs is 4. The number of hydrogen-bond donors (Lipinski definition) is 1. The fourth-order valence-corrected chi connectivity index (χ4v) is 6.38. The molecule has 0 spiro atoms. The molecule has 5 aromatic rings. The van der Waals surface area contributed by atoms with Gasteiger partial charge in [-0.05, 0) is 53.6 Å². The summed E-state index contributed by atoms with van der Waals surface area (Å²) < 4.78 is 24.7. The SMILES string of the molecule is CC(=O)OCc1c(-c2ccnc3[nH]c(-c4cnn(C)c4)nc23)cc(F)cc1N1CCn2c(cc3c2CC(C)(C)C3)C1=O. The minimum atomic E-state index is -0.516. The molecule has 1 aromatic carbocycles. The molecule has 1 amide bonds. The Morgan fingerprint density at radius 3 is 2.76 bits per heavy atom. The van der Waals surface area contributed by atoms with Crippen molar-refractivity contribution in [2.45, 2.75) is 46.8 Å². The second kappa shape index (κ2) is 9.37. The zero-order valence-corrected chi connectivity index (χ0v) is 23.9. The average Bonchev–Trinajstić information content (AvgIpc) is 3.69. The van der Waals surface area contributed by atoms with Gasteiger partial charge in [-0.2, -0.15) is 5.10 Å².